The molecule has 0 saturated heterocycles. The number of unbranched alkanes of at least 4 members (excludes halogenated alkanes) is 34. The maximum atomic E-state index is 13.0. The molecule has 0 heterocycles. The van der Waals surface area contributed by atoms with Crippen LogP contribution < -0.4 is 4.74 Å². The molecule has 0 radical (unpaired) electrons. The normalized spacial score (nSPS) is 11.4. The number of esters is 1. The van der Waals surface area contributed by atoms with Crippen LogP contribution in [0.5, 0.6) is 23.0 Å². The van der Waals surface area contributed by atoms with Crippen molar-refractivity contribution in [3.05, 3.63) is 47.0 Å². The quantitative estimate of drug-likeness (QED) is 0.0270. The summed E-state index contributed by atoms with van der Waals surface area (Å²) < 4.78 is 5.53. The highest BCUT2D eigenvalue weighted by molar-refractivity contribution is 5.95. The van der Waals surface area contributed by atoms with Crippen LogP contribution in [0.4, 0.5) is 0 Å². The van der Waals surface area contributed by atoms with Gasteiger partial charge >= 0.3 is 5.97 Å². The molecule has 0 unspecified atom stereocenters. The molecular weight excluding hydrogens is 717 g/mol. The van der Waals surface area contributed by atoms with E-state index >= 15 is 0 Å². The first kappa shape index (κ1) is 51.5. The largest absolute Gasteiger partial charge is 0.504 e. The average Bonchev–Trinajstić information content (AvgIpc) is 3.22. The van der Waals surface area contributed by atoms with Gasteiger partial charge in [-0.05, 0) is 48.9 Å². The van der Waals surface area contributed by atoms with Gasteiger partial charge in [0.2, 0.25) is 0 Å². The maximum absolute atomic E-state index is 13.0. The van der Waals surface area contributed by atoms with Crippen molar-refractivity contribution in [3.63, 3.8) is 0 Å². The molecule has 5 nitrogen and oxygen atoms in total. The molecule has 58 heavy (non-hydrogen) atoms. The molecule has 0 amide bonds. The van der Waals surface area contributed by atoms with Crippen LogP contribution in [0.15, 0.2) is 30.3 Å². The van der Waals surface area contributed by atoms with Crippen LogP contribution in [0.25, 0.3) is 0 Å². The number of hydrogen-bond acceptors (Lipinski definition) is 5. The van der Waals surface area contributed by atoms with Crippen molar-refractivity contribution in [1.82, 2.24) is 0 Å². The van der Waals surface area contributed by atoms with E-state index in [-0.39, 0.29) is 22.8 Å². The summed E-state index contributed by atoms with van der Waals surface area (Å²) in [6, 6.07) is 8.44. The summed E-state index contributed by atoms with van der Waals surface area (Å²) in [6.45, 7) is 4.56. The average molecular weight is 807 g/mol. The number of aryl methyl sites for hydroxylation is 2. The molecule has 0 aliphatic rings. The van der Waals surface area contributed by atoms with E-state index in [1.165, 1.54) is 212 Å². The van der Waals surface area contributed by atoms with Crippen LogP contribution in [0.3, 0.4) is 0 Å². The van der Waals surface area contributed by atoms with Crippen molar-refractivity contribution in [2.75, 3.05) is 0 Å². The monoisotopic (exact) mass is 807 g/mol. The lowest BCUT2D eigenvalue weighted by molar-refractivity contribution is 0.0725. The summed E-state index contributed by atoms with van der Waals surface area (Å²) >= 11 is 0. The van der Waals surface area contributed by atoms with Gasteiger partial charge in [-0.25, -0.2) is 4.79 Å². The van der Waals surface area contributed by atoms with Crippen LogP contribution in [0, 0.1) is 0 Å². The van der Waals surface area contributed by atoms with Gasteiger partial charge in [0.1, 0.15) is 5.56 Å². The van der Waals surface area contributed by atoms with E-state index < -0.39 is 11.7 Å². The number of carbonyl (C=O) groups is 1. The third-order valence-corrected chi connectivity index (χ3v) is 12.3. The molecule has 0 bridgehead atoms. The number of ether oxygens (including phenoxy) is 1. The number of rotatable bonds is 40. The summed E-state index contributed by atoms with van der Waals surface area (Å²) in [6.07, 6.45) is 49.1. The Morgan fingerprint density at radius 1 is 0.379 bits per heavy atom. The Kier molecular flexibility index (Phi) is 32.1. The molecule has 3 N–H and O–H groups in total. The fraction of sp³-hybridized carbons (Fsp3) is 0.755. The second-order valence-corrected chi connectivity index (χ2v) is 17.6. The zero-order chi connectivity index (χ0) is 41.7. The molecule has 0 atom stereocenters. The van der Waals surface area contributed by atoms with Gasteiger partial charge in [0.05, 0.1) is 0 Å². The van der Waals surface area contributed by atoms with E-state index in [4.69, 9.17) is 4.74 Å². The predicted molar refractivity (Wildman–Crippen MR) is 248 cm³/mol. The van der Waals surface area contributed by atoms with E-state index in [1.807, 2.05) is 6.07 Å². The standard InChI is InChI=1S/C53H90O5/c1-3-5-7-9-11-13-15-17-19-21-23-25-27-29-31-33-35-37-40-46-42-39-43-49(50(46)54)58-53(57)48-45-44-47(51(55)52(48)56)41-38-36-34-32-30-28-26-24-22-20-18-16-14-12-10-8-6-4-2/h39,42-45,54-56H,3-38,40-41H2,1-2H3. The predicted octanol–water partition coefficient (Wildman–Crippen LogP) is 17.2. The van der Waals surface area contributed by atoms with Crippen molar-refractivity contribution >= 4 is 5.97 Å². The molecule has 332 valence electrons. The van der Waals surface area contributed by atoms with Gasteiger partial charge < -0.3 is 20.1 Å². The Labute approximate surface area is 357 Å². The number of phenolic OH excluding ortho intramolecular Hbond substituents is 3. The van der Waals surface area contributed by atoms with Gasteiger partial charge in [-0.2, -0.15) is 0 Å². The molecular formula is C53H90O5. The van der Waals surface area contributed by atoms with Crippen molar-refractivity contribution in [1.29, 1.82) is 0 Å². The fourth-order valence-corrected chi connectivity index (χ4v) is 8.43. The minimum atomic E-state index is -0.798. The first-order valence-corrected chi connectivity index (χ1v) is 25.1. The van der Waals surface area contributed by atoms with Crippen LogP contribution in [0.1, 0.15) is 266 Å². The van der Waals surface area contributed by atoms with Crippen LogP contribution in [-0.4, -0.2) is 21.3 Å². The summed E-state index contributed by atoms with van der Waals surface area (Å²) in [4.78, 5) is 13.0. The molecule has 0 aliphatic carbocycles. The lowest BCUT2D eigenvalue weighted by atomic mass is 10.0. The Hall–Kier alpha value is -2.69. The number of phenols is 3. The van der Waals surface area contributed by atoms with Crippen molar-refractivity contribution in [3.8, 4) is 23.0 Å². The molecule has 0 saturated carbocycles. The highest BCUT2D eigenvalue weighted by atomic mass is 16.5. The first-order valence-electron chi connectivity index (χ1n) is 25.1. The third kappa shape index (κ3) is 25.1. The van der Waals surface area contributed by atoms with E-state index in [9.17, 15) is 20.1 Å². The highest BCUT2D eigenvalue weighted by Crippen LogP contribution is 2.36. The first-order chi connectivity index (χ1) is 28.5. The lowest BCUT2D eigenvalue weighted by Crippen LogP contribution is -2.09. The van der Waals surface area contributed by atoms with Gasteiger partial charge in [-0.15, -0.1) is 0 Å². The fourth-order valence-electron chi connectivity index (χ4n) is 8.43. The minimum absolute atomic E-state index is 0.0303. The van der Waals surface area contributed by atoms with E-state index in [0.717, 1.165) is 37.7 Å². The topological polar surface area (TPSA) is 87.0 Å². The van der Waals surface area contributed by atoms with E-state index in [2.05, 4.69) is 13.8 Å². The van der Waals surface area contributed by atoms with Gasteiger partial charge in [0.25, 0.3) is 0 Å². The summed E-state index contributed by atoms with van der Waals surface area (Å²) in [5.74, 6) is -1.47. The number of benzene rings is 2. The van der Waals surface area contributed by atoms with Crippen molar-refractivity contribution in [2.24, 2.45) is 0 Å². The second kappa shape index (κ2) is 36.2. The lowest BCUT2D eigenvalue weighted by Gasteiger charge is -2.13. The minimum Gasteiger partial charge on any atom is -0.504 e. The third-order valence-electron chi connectivity index (χ3n) is 12.3. The molecule has 0 fully saturated rings. The molecule has 0 aliphatic heterocycles. The van der Waals surface area contributed by atoms with Crippen molar-refractivity contribution < 1.29 is 24.9 Å². The van der Waals surface area contributed by atoms with Gasteiger partial charge in [0.15, 0.2) is 23.0 Å². The Balaban J connectivity index is 1.53. The molecule has 0 spiro atoms. The SMILES string of the molecule is CCCCCCCCCCCCCCCCCCCCc1cccc(OC(=O)c2ccc(CCCCCCCCCCCCCCCCCCCC)c(O)c2O)c1O. The molecule has 0 aromatic heterocycles. The molecule has 2 rings (SSSR count). The number of para-hydroxylation sites is 1. The van der Waals surface area contributed by atoms with Gasteiger partial charge in [0, 0.05) is 0 Å². The smallest absolute Gasteiger partial charge is 0.347 e. The van der Waals surface area contributed by atoms with E-state index in [0.29, 0.717) is 12.0 Å². The highest BCUT2D eigenvalue weighted by Gasteiger charge is 2.21. The summed E-state index contributed by atoms with van der Waals surface area (Å²) in [5, 5.41) is 32.3. The Bertz CT molecular complexity index is 1270. The van der Waals surface area contributed by atoms with E-state index in [1.54, 1.807) is 18.2 Å². The molecule has 5 heteroatoms. The van der Waals surface area contributed by atoms with Crippen molar-refractivity contribution in [2.45, 2.75) is 258 Å². The van der Waals surface area contributed by atoms with Crippen LogP contribution >= 0.6 is 0 Å². The van der Waals surface area contributed by atoms with Gasteiger partial charge in [-0.3, -0.25) is 0 Å². The Morgan fingerprint density at radius 3 is 1.03 bits per heavy atom. The molecule has 2 aromatic carbocycles. The Morgan fingerprint density at radius 2 is 0.690 bits per heavy atom. The second-order valence-electron chi connectivity index (χ2n) is 17.6. The number of carbonyl (C=O) groups excluding carboxylic acids is 1. The summed E-state index contributed by atoms with van der Waals surface area (Å²) in [5.41, 5.74) is 1.29. The van der Waals surface area contributed by atoms with Gasteiger partial charge in [-0.1, -0.05) is 250 Å². The van der Waals surface area contributed by atoms with Crippen LogP contribution in [0.2, 0.25) is 0 Å². The zero-order valence-electron chi connectivity index (χ0n) is 37.9. The zero-order valence-corrected chi connectivity index (χ0v) is 37.9. The van der Waals surface area contributed by atoms with Crippen LogP contribution in [-0.2, 0) is 12.8 Å². The number of aromatic hydroxyl groups is 3. The number of hydrogen-bond donors (Lipinski definition) is 3. The maximum Gasteiger partial charge on any atom is 0.347 e. The molecule has 2 aromatic rings. The summed E-state index contributed by atoms with van der Waals surface area (Å²) in [7, 11) is 0.